The SMILES string of the molecule is Cc1cc2c(N[C@@H](C)c3ccc(C(=O)O)cc3)nc(N)nc2o1. The van der Waals surface area contributed by atoms with Crippen molar-refractivity contribution in [2.45, 2.75) is 19.9 Å². The van der Waals surface area contributed by atoms with Crippen LogP contribution >= 0.6 is 0 Å². The third kappa shape index (κ3) is 2.94. The van der Waals surface area contributed by atoms with E-state index in [0.717, 1.165) is 16.7 Å². The van der Waals surface area contributed by atoms with Gasteiger partial charge in [-0.05, 0) is 37.6 Å². The smallest absolute Gasteiger partial charge is 0.335 e. The van der Waals surface area contributed by atoms with Crippen molar-refractivity contribution in [1.29, 1.82) is 0 Å². The van der Waals surface area contributed by atoms with E-state index in [1.54, 1.807) is 24.3 Å². The molecule has 0 fully saturated rings. The normalized spacial score (nSPS) is 12.3. The van der Waals surface area contributed by atoms with Crippen LogP contribution in [-0.4, -0.2) is 21.0 Å². The predicted molar refractivity (Wildman–Crippen MR) is 86.4 cm³/mol. The number of benzene rings is 1. The zero-order chi connectivity index (χ0) is 16.6. The van der Waals surface area contributed by atoms with Crippen LogP contribution in [-0.2, 0) is 0 Å². The predicted octanol–water partition coefficient (Wildman–Crippen LogP) is 2.98. The molecule has 2 aromatic heterocycles. The first-order valence-electron chi connectivity index (χ1n) is 7.07. The van der Waals surface area contributed by atoms with Crippen LogP contribution in [0.4, 0.5) is 11.8 Å². The Morgan fingerprint density at radius 1 is 1.30 bits per heavy atom. The number of carbonyl (C=O) groups is 1. The Kier molecular flexibility index (Phi) is 3.61. The number of nitrogens with two attached hydrogens (primary N) is 1. The number of rotatable bonds is 4. The number of hydrogen-bond acceptors (Lipinski definition) is 6. The summed E-state index contributed by atoms with van der Waals surface area (Å²) in [6, 6.07) is 8.43. The Labute approximate surface area is 132 Å². The maximum absolute atomic E-state index is 10.9. The van der Waals surface area contributed by atoms with Gasteiger partial charge in [0.2, 0.25) is 11.7 Å². The number of carboxylic acids is 1. The van der Waals surface area contributed by atoms with Gasteiger partial charge in [0.25, 0.3) is 0 Å². The third-order valence-corrected chi connectivity index (χ3v) is 3.54. The molecule has 1 atom stereocenters. The van der Waals surface area contributed by atoms with Crippen molar-refractivity contribution in [3.63, 3.8) is 0 Å². The van der Waals surface area contributed by atoms with Crippen molar-refractivity contribution in [2.24, 2.45) is 0 Å². The standard InChI is InChI=1S/C16H16N4O3/c1-8-7-12-13(19-16(17)20-14(12)23-8)18-9(2)10-3-5-11(6-4-10)15(21)22/h3-7,9H,1-2H3,(H,21,22)(H3,17,18,19,20)/t9-/m0/s1. The Hall–Kier alpha value is -3.09. The molecule has 3 aromatic rings. The van der Waals surface area contributed by atoms with Crippen molar-refractivity contribution in [1.82, 2.24) is 9.97 Å². The molecule has 0 spiro atoms. The Morgan fingerprint density at radius 2 is 2.00 bits per heavy atom. The van der Waals surface area contributed by atoms with Crippen LogP contribution in [0.5, 0.6) is 0 Å². The van der Waals surface area contributed by atoms with E-state index in [4.69, 9.17) is 15.3 Å². The number of hydrogen-bond donors (Lipinski definition) is 3. The summed E-state index contributed by atoms with van der Waals surface area (Å²) in [7, 11) is 0. The van der Waals surface area contributed by atoms with E-state index in [0.29, 0.717) is 11.5 Å². The fraction of sp³-hybridized carbons (Fsp3) is 0.188. The summed E-state index contributed by atoms with van der Waals surface area (Å²) in [6.07, 6.45) is 0. The molecule has 0 saturated heterocycles. The van der Waals surface area contributed by atoms with Gasteiger partial charge < -0.3 is 20.6 Å². The van der Waals surface area contributed by atoms with E-state index in [2.05, 4.69) is 15.3 Å². The maximum atomic E-state index is 10.9. The zero-order valence-electron chi connectivity index (χ0n) is 12.7. The second-order valence-electron chi connectivity index (χ2n) is 5.30. The van der Waals surface area contributed by atoms with Crippen molar-refractivity contribution in [3.05, 3.63) is 47.2 Å². The fourth-order valence-corrected chi connectivity index (χ4v) is 2.37. The molecule has 0 unspecified atom stereocenters. The Balaban J connectivity index is 1.90. The number of nitrogen functional groups attached to an aromatic ring is 1. The fourth-order valence-electron chi connectivity index (χ4n) is 2.37. The van der Waals surface area contributed by atoms with Gasteiger partial charge in [-0.15, -0.1) is 0 Å². The second-order valence-corrected chi connectivity index (χ2v) is 5.30. The second kappa shape index (κ2) is 5.60. The Bertz CT molecular complexity index is 871. The van der Waals surface area contributed by atoms with E-state index in [1.807, 2.05) is 19.9 Å². The van der Waals surface area contributed by atoms with Crippen LogP contribution in [0, 0.1) is 6.92 Å². The van der Waals surface area contributed by atoms with Crippen LogP contribution in [0.2, 0.25) is 0 Å². The molecule has 4 N–H and O–H groups in total. The summed E-state index contributed by atoms with van der Waals surface area (Å²) >= 11 is 0. The molecular weight excluding hydrogens is 296 g/mol. The summed E-state index contributed by atoms with van der Waals surface area (Å²) < 4.78 is 5.48. The van der Waals surface area contributed by atoms with Crippen molar-refractivity contribution in [3.8, 4) is 0 Å². The summed E-state index contributed by atoms with van der Waals surface area (Å²) in [4.78, 5) is 19.2. The molecule has 0 bridgehead atoms. The highest BCUT2D eigenvalue weighted by Gasteiger charge is 2.14. The molecule has 0 aliphatic carbocycles. The van der Waals surface area contributed by atoms with Crippen molar-refractivity contribution >= 4 is 28.8 Å². The van der Waals surface area contributed by atoms with Gasteiger partial charge in [-0.2, -0.15) is 9.97 Å². The van der Waals surface area contributed by atoms with E-state index in [1.165, 1.54) is 0 Å². The number of nitrogens with one attached hydrogen (secondary N) is 1. The van der Waals surface area contributed by atoms with Crippen molar-refractivity contribution < 1.29 is 14.3 Å². The summed E-state index contributed by atoms with van der Waals surface area (Å²) in [5, 5.41) is 13.0. The molecule has 0 radical (unpaired) electrons. The van der Waals surface area contributed by atoms with Crippen molar-refractivity contribution in [2.75, 3.05) is 11.1 Å². The lowest BCUT2D eigenvalue weighted by Crippen LogP contribution is -2.10. The van der Waals surface area contributed by atoms with Crippen LogP contribution < -0.4 is 11.1 Å². The highest BCUT2D eigenvalue weighted by molar-refractivity contribution is 5.88. The number of nitrogens with zero attached hydrogens (tertiary/aromatic N) is 2. The van der Waals surface area contributed by atoms with Gasteiger partial charge >= 0.3 is 5.97 Å². The van der Waals surface area contributed by atoms with Gasteiger partial charge in [-0.3, -0.25) is 0 Å². The largest absolute Gasteiger partial charge is 0.478 e. The molecule has 3 rings (SSSR count). The van der Waals surface area contributed by atoms with Gasteiger partial charge in [0.05, 0.1) is 10.9 Å². The number of aryl methyl sites for hydroxylation is 1. The van der Waals surface area contributed by atoms with Gasteiger partial charge in [0.15, 0.2) is 0 Å². The number of fused-ring (bicyclic) bond motifs is 1. The minimum atomic E-state index is -0.948. The number of anilines is 2. The molecule has 0 saturated carbocycles. The van der Waals surface area contributed by atoms with E-state index >= 15 is 0 Å². The van der Waals surface area contributed by atoms with Crippen LogP contribution in [0.1, 0.15) is 34.6 Å². The van der Waals surface area contributed by atoms with Crippen LogP contribution in [0.15, 0.2) is 34.7 Å². The first-order valence-corrected chi connectivity index (χ1v) is 7.07. The average Bonchev–Trinajstić information content (AvgIpc) is 2.87. The van der Waals surface area contributed by atoms with Crippen LogP contribution in [0.3, 0.4) is 0 Å². The highest BCUT2D eigenvalue weighted by atomic mass is 16.4. The third-order valence-electron chi connectivity index (χ3n) is 3.54. The lowest BCUT2D eigenvalue weighted by atomic mass is 10.1. The van der Waals surface area contributed by atoms with E-state index < -0.39 is 5.97 Å². The number of aromatic nitrogens is 2. The first kappa shape index (κ1) is 14.8. The zero-order valence-corrected chi connectivity index (χ0v) is 12.7. The average molecular weight is 312 g/mol. The summed E-state index contributed by atoms with van der Waals surface area (Å²) in [6.45, 7) is 3.78. The minimum absolute atomic E-state index is 0.0921. The topological polar surface area (TPSA) is 114 Å². The lowest BCUT2D eigenvalue weighted by molar-refractivity contribution is 0.0697. The molecule has 0 aliphatic rings. The van der Waals surface area contributed by atoms with E-state index in [-0.39, 0.29) is 17.6 Å². The lowest BCUT2D eigenvalue weighted by Gasteiger charge is -2.15. The minimum Gasteiger partial charge on any atom is -0.478 e. The van der Waals surface area contributed by atoms with Gasteiger partial charge in [0, 0.05) is 6.04 Å². The van der Waals surface area contributed by atoms with Gasteiger partial charge in [0.1, 0.15) is 11.6 Å². The number of furan rings is 1. The Morgan fingerprint density at radius 3 is 2.65 bits per heavy atom. The van der Waals surface area contributed by atoms with E-state index in [9.17, 15) is 4.79 Å². The highest BCUT2D eigenvalue weighted by Crippen LogP contribution is 2.27. The molecule has 7 heteroatoms. The summed E-state index contributed by atoms with van der Waals surface area (Å²) in [5.74, 6) is 0.486. The molecule has 23 heavy (non-hydrogen) atoms. The maximum Gasteiger partial charge on any atom is 0.335 e. The molecule has 7 nitrogen and oxygen atoms in total. The first-order chi connectivity index (χ1) is 10.9. The molecule has 0 aliphatic heterocycles. The molecule has 118 valence electrons. The monoisotopic (exact) mass is 312 g/mol. The molecule has 1 aromatic carbocycles. The van der Waals surface area contributed by atoms with Crippen LogP contribution in [0.25, 0.3) is 11.1 Å². The molecule has 0 amide bonds. The molecule has 2 heterocycles. The number of carboxylic acid groups (broad SMARTS) is 1. The molecular formula is C16H16N4O3. The number of aromatic carboxylic acids is 1. The van der Waals surface area contributed by atoms with Gasteiger partial charge in [-0.1, -0.05) is 12.1 Å². The summed E-state index contributed by atoms with van der Waals surface area (Å²) in [5.41, 5.74) is 7.33. The van der Waals surface area contributed by atoms with Gasteiger partial charge in [-0.25, -0.2) is 4.79 Å². The quantitative estimate of drug-likeness (QED) is 0.678.